The fourth-order valence-corrected chi connectivity index (χ4v) is 1.02. The maximum atomic E-state index is 11.2. The van der Waals surface area contributed by atoms with Crippen LogP contribution in [0.4, 0.5) is 0 Å². The monoisotopic (exact) mass is 210 g/mol. The molecular formula is C10H14N2O3. The van der Waals surface area contributed by atoms with E-state index in [1.807, 2.05) is 13.8 Å². The Morgan fingerprint density at radius 2 is 2.13 bits per heavy atom. The van der Waals surface area contributed by atoms with Crippen LogP contribution in [-0.2, 0) is 4.74 Å². The summed E-state index contributed by atoms with van der Waals surface area (Å²) in [6, 6.07) is 0.273. The molecule has 0 bridgehead atoms. The first kappa shape index (κ1) is 11.4. The van der Waals surface area contributed by atoms with Gasteiger partial charge in [-0.3, -0.25) is 0 Å². The average Bonchev–Trinajstić information content (AvgIpc) is 2.16. The number of carbonyl (C=O) groups excluding carboxylic acids is 1. The number of methoxy groups -OCH3 is 1. The Morgan fingerprint density at radius 1 is 1.47 bits per heavy atom. The first-order chi connectivity index (χ1) is 7.04. The quantitative estimate of drug-likeness (QED) is 0.705. The third kappa shape index (κ3) is 2.90. The Labute approximate surface area is 88.4 Å². The largest absolute Gasteiger partial charge is 0.465 e. The van der Waals surface area contributed by atoms with Crippen molar-refractivity contribution in [2.45, 2.75) is 26.9 Å². The van der Waals surface area contributed by atoms with Gasteiger partial charge in [0.25, 0.3) is 0 Å². The normalized spacial score (nSPS) is 10.2. The second kappa shape index (κ2) is 4.72. The van der Waals surface area contributed by atoms with Crippen molar-refractivity contribution in [2.24, 2.45) is 0 Å². The van der Waals surface area contributed by atoms with Gasteiger partial charge in [0.1, 0.15) is 0 Å². The Bertz CT molecular complexity index is 364. The molecule has 0 amide bonds. The lowest BCUT2D eigenvalue weighted by molar-refractivity contribution is 0.0598. The fraction of sp³-hybridized carbons (Fsp3) is 0.500. The van der Waals surface area contributed by atoms with Crippen molar-refractivity contribution in [1.29, 1.82) is 0 Å². The first-order valence-corrected chi connectivity index (χ1v) is 4.63. The van der Waals surface area contributed by atoms with E-state index in [2.05, 4.69) is 14.7 Å². The molecule has 0 atom stereocenters. The van der Waals surface area contributed by atoms with Gasteiger partial charge in [0, 0.05) is 6.20 Å². The van der Waals surface area contributed by atoms with Gasteiger partial charge in [-0.05, 0) is 20.8 Å². The summed E-state index contributed by atoms with van der Waals surface area (Å²) in [5, 5.41) is 0. The highest BCUT2D eigenvalue weighted by Gasteiger charge is 2.12. The van der Waals surface area contributed by atoms with Crippen molar-refractivity contribution in [3.63, 3.8) is 0 Å². The molecule has 0 aliphatic heterocycles. The van der Waals surface area contributed by atoms with Crippen LogP contribution < -0.4 is 4.74 Å². The van der Waals surface area contributed by atoms with Gasteiger partial charge in [-0.15, -0.1) is 0 Å². The molecule has 0 radical (unpaired) electrons. The van der Waals surface area contributed by atoms with E-state index < -0.39 is 5.97 Å². The summed E-state index contributed by atoms with van der Waals surface area (Å²) < 4.78 is 9.87. The molecule has 0 unspecified atom stereocenters. The number of carbonyl (C=O) groups is 1. The van der Waals surface area contributed by atoms with Crippen LogP contribution in [0.2, 0.25) is 0 Å². The SMILES string of the molecule is COC(=O)c1cnc(OC(C)C)nc1C. The van der Waals surface area contributed by atoms with Crippen molar-refractivity contribution in [3.05, 3.63) is 17.5 Å². The zero-order chi connectivity index (χ0) is 11.4. The molecule has 0 saturated carbocycles. The maximum absolute atomic E-state index is 11.2. The number of ether oxygens (including phenoxy) is 2. The van der Waals surface area contributed by atoms with Crippen LogP contribution in [-0.4, -0.2) is 29.2 Å². The van der Waals surface area contributed by atoms with E-state index in [0.717, 1.165) is 0 Å². The maximum Gasteiger partial charge on any atom is 0.341 e. The highest BCUT2D eigenvalue weighted by Crippen LogP contribution is 2.10. The smallest absolute Gasteiger partial charge is 0.341 e. The van der Waals surface area contributed by atoms with Crippen molar-refractivity contribution >= 4 is 5.97 Å². The molecule has 1 rings (SSSR count). The number of hydrogen-bond donors (Lipinski definition) is 0. The summed E-state index contributed by atoms with van der Waals surface area (Å²) in [5.41, 5.74) is 0.904. The van der Waals surface area contributed by atoms with Crippen LogP contribution in [0.5, 0.6) is 6.01 Å². The van der Waals surface area contributed by atoms with Crippen molar-refractivity contribution in [3.8, 4) is 6.01 Å². The van der Waals surface area contributed by atoms with Crippen LogP contribution in [0.15, 0.2) is 6.20 Å². The Balaban J connectivity index is 2.93. The Morgan fingerprint density at radius 3 is 2.60 bits per heavy atom. The Kier molecular flexibility index (Phi) is 3.60. The summed E-state index contributed by atoms with van der Waals surface area (Å²) in [6.07, 6.45) is 1.42. The van der Waals surface area contributed by atoms with E-state index in [1.54, 1.807) is 6.92 Å². The van der Waals surface area contributed by atoms with Crippen molar-refractivity contribution in [1.82, 2.24) is 9.97 Å². The van der Waals surface area contributed by atoms with E-state index in [9.17, 15) is 4.79 Å². The molecule has 0 N–H and O–H groups in total. The summed E-state index contributed by atoms with van der Waals surface area (Å²) in [4.78, 5) is 19.2. The van der Waals surface area contributed by atoms with Gasteiger partial charge >= 0.3 is 12.0 Å². The molecule has 0 aliphatic rings. The van der Waals surface area contributed by atoms with E-state index in [4.69, 9.17) is 4.74 Å². The second-order valence-electron chi connectivity index (χ2n) is 3.31. The van der Waals surface area contributed by atoms with Gasteiger partial charge in [-0.25, -0.2) is 9.78 Å². The second-order valence-corrected chi connectivity index (χ2v) is 3.31. The van der Waals surface area contributed by atoms with Crippen LogP contribution in [0.3, 0.4) is 0 Å². The average molecular weight is 210 g/mol. The summed E-state index contributed by atoms with van der Waals surface area (Å²) >= 11 is 0. The zero-order valence-electron chi connectivity index (χ0n) is 9.27. The Hall–Kier alpha value is -1.65. The highest BCUT2D eigenvalue weighted by molar-refractivity contribution is 5.90. The molecule has 0 spiro atoms. The highest BCUT2D eigenvalue weighted by atomic mass is 16.5. The predicted octanol–water partition coefficient (Wildman–Crippen LogP) is 1.36. The number of hydrogen-bond acceptors (Lipinski definition) is 5. The molecule has 1 aromatic rings. The molecular weight excluding hydrogens is 196 g/mol. The first-order valence-electron chi connectivity index (χ1n) is 4.63. The van der Waals surface area contributed by atoms with E-state index in [1.165, 1.54) is 13.3 Å². The third-order valence-corrected chi connectivity index (χ3v) is 1.70. The lowest BCUT2D eigenvalue weighted by Gasteiger charge is -2.08. The standard InChI is InChI=1S/C10H14N2O3/c1-6(2)15-10-11-5-8(7(3)12-10)9(13)14-4/h5-6H,1-4H3. The lowest BCUT2D eigenvalue weighted by Crippen LogP contribution is -2.11. The topological polar surface area (TPSA) is 61.3 Å². The molecule has 0 saturated heterocycles. The van der Waals surface area contributed by atoms with Crippen molar-refractivity contribution in [2.75, 3.05) is 7.11 Å². The minimum Gasteiger partial charge on any atom is -0.465 e. The van der Waals surface area contributed by atoms with Crippen LogP contribution >= 0.6 is 0 Å². The number of rotatable bonds is 3. The molecule has 1 heterocycles. The van der Waals surface area contributed by atoms with E-state index in [0.29, 0.717) is 11.3 Å². The number of esters is 1. The van der Waals surface area contributed by atoms with Gasteiger partial charge in [-0.1, -0.05) is 0 Å². The van der Waals surface area contributed by atoms with Gasteiger partial charge < -0.3 is 9.47 Å². The predicted molar refractivity (Wildman–Crippen MR) is 53.9 cm³/mol. The molecule has 5 heteroatoms. The minimum absolute atomic E-state index is 0.00776. The van der Waals surface area contributed by atoms with Crippen molar-refractivity contribution < 1.29 is 14.3 Å². The molecule has 0 aromatic carbocycles. The molecule has 1 aromatic heterocycles. The van der Waals surface area contributed by atoms with E-state index >= 15 is 0 Å². The van der Waals surface area contributed by atoms with Crippen LogP contribution in [0.1, 0.15) is 29.9 Å². The summed E-state index contributed by atoms with van der Waals surface area (Å²) in [7, 11) is 1.32. The zero-order valence-corrected chi connectivity index (χ0v) is 9.27. The lowest BCUT2D eigenvalue weighted by atomic mass is 10.2. The van der Waals surface area contributed by atoms with Gasteiger partial charge in [0.2, 0.25) is 0 Å². The number of aryl methyl sites for hydroxylation is 1. The van der Waals surface area contributed by atoms with Gasteiger partial charge in [-0.2, -0.15) is 4.98 Å². The van der Waals surface area contributed by atoms with Crippen LogP contribution in [0, 0.1) is 6.92 Å². The van der Waals surface area contributed by atoms with Gasteiger partial charge in [0.05, 0.1) is 24.5 Å². The fourth-order valence-electron chi connectivity index (χ4n) is 1.02. The molecule has 82 valence electrons. The number of nitrogens with zero attached hydrogens (tertiary/aromatic N) is 2. The van der Waals surface area contributed by atoms with E-state index in [-0.39, 0.29) is 12.1 Å². The third-order valence-electron chi connectivity index (χ3n) is 1.70. The summed E-state index contributed by atoms with van der Waals surface area (Å²) in [6.45, 7) is 5.47. The molecule has 15 heavy (non-hydrogen) atoms. The van der Waals surface area contributed by atoms with Crippen LogP contribution in [0.25, 0.3) is 0 Å². The summed E-state index contributed by atoms with van der Waals surface area (Å²) in [5.74, 6) is -0.441. The van der Waals surface area contributed by atoms with Gasteiger partial charge in [0.15, 0.2) is 0 Å². The minimum atomic E-state index is -0.441. The molecule has 0 aliphatic carbocycles. The number of aromatic nitrogens is 2. The molecule has 5 nitrogen and oxygen atoms in total. The molecule has 0 fully saturated rings.